The van der Waals surface area contributed by atoms with E-state index < -0.39 is 0 Å². The summed E-state index contributed by atoms with van der Waals surface area (Å²) in [6.45, 7) is 0. The van der Waals surface area contributed by atoms with E-state index in [1.807, 2.05) is 12.1 Å². The van der Waals surface area contributed by atoms with Crippen LogP contribution in [0.3, 0.4) is 0 Å². The number of hydrogen-bond donors (Lipinski definition) is 1. The molecule has 0 aromatic heterocycles. The molecule has 0 heterocycles. The van der Waals surface area contributed by atoms with Crippen molar-refractivity contribution in [2.45, 2.75) is 0 Å². The fraction of sp³-hybridized carbons (Fsp3) is 0.222. The molecule has 0 unspecified atom stereocenters. The summed E-state index contributed by atoms with van der Waals surface area (Å²) in [7, 11) is 1.37. The SMILES string of the molecule is COC(=O)c1ccccc1NCBr. The third kappa shape index (κ3) is 2.45. The quantitative estimate of drug-likeness (QED) is 0.503. The van der Waals surface area contributed by atoms with Crippen LogP contribution in [0.5, 0.6) is 0 Å². The minimum absolute atomic E-state index is 0.330. The molecule has 3 nitrogen and oxygen atoms in total. The van der Waals surface area contributed by atoms with E-state index in [1.165, 1.54) is 7.11 Å². The molecule has 0 amide bonds. The third-order valence-electron chi connectivity index (χ3n) is 1.59. The topological polar surface area (TPSA) is 38.3 Å². The van der Waals surface area contributed by atoms with Gasteiger partial charge in [-0.2, -0.15) is 0 Å². The van der Waals surface area contributed by atoms with Crippen molar-refractivity contribution in [2.24, 2.45) is 0 Å². The Bertz CT molecular complexity index is 301. The highest BCUT2D eigenvalue weighted by atomic mass is 79.9. The summed E-state index contributed by atoms with van der Waals surface area (Å²) in [5.41, 5.74) is 1.91. The Morgan fingerprint density at radius 1 is 1.54 bits per heavy atom. The van der Waals surface area contributed by atoms with Gasteiger partial charge < -0.3 is 10.1 Å². The molecule has 1 aromatic carbocycles. The van der Waals surface area contributed by atoms with Crippen LogP contribution in [0.2, 0.25) is 0 Å². The Balaban J connectivity index is 2.97. The zero-order valence-electron chi connectivity index (χ0n) is 7.21. The molecule has 0 saturated carbocycles. The molecule has 0 bridgehead atoms. The van der Waals surface area contributed by atoms with E-state index in [-0.39, 0.29) is 5.97 Å². The van der Waals surface area contributed by atoms with Gasteiger partial charge in [0.1, 0.15) is 0 Å². The van der Waals surface area contributed by atoms with Crippen LogP contribution < -0.4 is 5.32 Å². The van der Waals surface area contributed by atoms with Gasteiger partial charge in [-0.05, 0) is 12.1 Å². The maximum absolute atomic E-state index is 11.2. The smallest absolute Gasteiger partial charge is 0.339 e. The lowest BCUT2D eigenvalue weighted by atomic mass is 10.2. The van der Waals surface area contributed by atoms with Crippen molar-refractivity contribution in [1.29, 1.82) is 0 Å². The lowest BCUT2D eigenvalue weighted by Crippen LogP contribution is -2.06. The molecule has 0 saturated heterocycles. The number of para-hydroxylation sites is 1. The van der Waals surface area contributed by atoms with Gasteiger partial charge in [0.15, 0.2) is 0 Å². The average molecular weight is 244 g/mol. The second kappa shape index (κ2) is 4.87. The van der Waals surface area contributed by atoms with E-state index in [9.17, 15) is 4.79 Å². The maximum Gasteiger partial charge on any atom is 0.339 e. The number of carbonyl (C=O) groups excluding carboxylic acids is 1. The zero-order valence-corrected chi connectivity index (χ0v) is 8.80. The van der Waals surface area contributed by atoms with Crippen molar-refractivity contribution < 1.29 is 9.53 Å². The van der Waals surface area contributed by atoms with E-state index in [0.717, 1.165) is 5.69 Å². The molecule has 70 valence electrons. The molecule has 0 atom stereocenters. The standard InChI is InChI=1S/C9H10BrNO2/c1-13-9(12)7-4-2-3-5-8(7)11-6-10/h2-5,11H,6H2,1H3. The predicted molar refractivity (Wildman–Crippen MR) is 55.2 cm³/mol. The summed E-state index contributed by atoms with van der Waals surface area (Å²) in [4.78, 5) is 11.2. The minimum atomic E-state index is -0.330. The van der Waals surface area contributed by atoms with Crippen molar-refractivity contribution in [3.8, 4) is 0 Å². The van der Waals surface area contributed by atoms with Crippen molar-refractivity contribution in [3.63, 3.8) is 0 Å². The Morgan fingerprint density at radius 3 is 2.85 bits per heavy atom. The summed E-state index contributed by atoms with van der Waals surface area (Å²) in [5, 5.41) is 3.01. The number of esters is 1. The number of carbonyl (C=O) groups is 1. The second-order valence-electron chi connectivity index (χ2n) is 2.35. The normalized spacial score (nSPS) is 9.38. The Morgan fingerprint density at radius 2 is 2.23 bits per heavy atom. The monoisotopic (exact) mass is 243 g/mol. The maximum atomic E-state index is 11.2. The van der Waals surface area contributed by atoms with Gasteiger partial charge >= 0.3 is 5.97 Å². The molecule has 13 heavy (non-hydrogen) atoms. The number of hydrogen-bond acceptors (Lipinski definition) is 3. The highest BCUT2D eigenvalue weighted by molar-refractivity contribution is 9.09. The van der Waals surface area contributed by atoms with Crippen molar-refractivity contribution in [3.05, 3.63) is 29.8 Å². The molecule has 0 fully saturated rings. The van der Waals surface area contributed by atoms with Crippen LogP contribution in [0, 0.1) is 0 Å². The Hall–Kier alpha value is -1.03. The number of benzene rings is 1. The van der Waals surface area contributed by atoms with E-state index in [0.29, 0.717) is 11.0 Å². The number of alkyl halides is 1. The van der Waals surface area contributed by atoms with Gasteiger partial charge in [-0.1, -0.05) is 28.1 Å². The van der Waals surface area contributed by atoms with Crippen LogP contribution in [-0.2, 0) is 4.74 Å². The number of ether oxygens (including phenoxy) is 1. The van der Waals surface area contributed by atoms with Crippen molar-refractivity contribution in [1.82, 2.24) is 0 Å². The number of methoxy groups -OCH3 is 1. The molecule has 1 N–H and O–H groups in total. The van der Waals surface area contributed by atoms with Gasteiger partial charge in [0.05, 0.1) is 18.1 Å². The van der Waals surface area contributed by atoms with Crippen molar-refractivity contribution >= 4 is 27.6 Å². The summed E-state index contributed by atoms with van der Waals surface area (Å²) < 4.78 is 4.63. The summed E-state index contributed by atoms with van der Waals surface area (Å²) in [6.07, 6.45) is 0. The van der Waals surface area contributed by atoms with Crippen LogP contribution in [0.15, 0.2) is 24.3 Å². The van der Waals surface area contributed by atoms with Crippen LogP contribution in [0.1, 0.15) is 10.4 Å². The molecule has 0 aliphatic heterocycles. The summed E-state index contributed by atoms with van der Waals surface area (Å²) in [5.74, 6) is -0.330. The molecule has 1 rings (SSSR count). The minimum Gasteiger partial charge on any atom is -0.465 e. The van der Waals surface area contributed by atoms with Gasteiger partial charge in [0, 0.05) is 5.69 Å². The first kappa shape index (κ1) is 10.1. The zero-order chi connectivity index (χ0) is 9.68. The number of rotatable bonds is 3. The lowest BCUT2D eigenvalue weighted by Gasteiger charge is -2.07. The van der Waals surface area contributed by atoms with Gasteiger partial charge in [0.25, 0.3) is 0 Å². The summed E-state index contributed by atoms with van der Waals surface area (Å²) in [6, 6.07) is 7.20. The third-order valence-corrected chi connectivity index (χ3v) is 1.87. The van der Waals surface area contributed by atoms with E-state index in [2.05, 4.69) is 26.0 Å². The first-order valence-electron chi connectivity index (χ1n) is 3.76. The molecular weight excluding hydrogens is 234 g/mol. The highest BCUT2D eigenvalue weighted by Crippen LogP contribution is 2.15. The van der Waals surface area contributed by atoms with Crippen LogP contribution in [-0.4, -0.2) is 18.5 Å². The molecule has 4 heteroatoms. The van der Waals surface area contributed by atoms with Gasteiger partial charge in [-0.15, -0.1) is 0 Å². The largest absolute Gasteiger partial charge is 0.465 e. The molecule has 0 aliphatic rings. The lowest BCUT2D eigenvalue weighted by molar-refractivity contribution is 0.0602. The predicted octanol–water partition coefficient (Wildman–Crippen LogP) is 2.24. The highest BCUT2D eigenvalue weighted by Gasteiger charge is 2.09. The first-order valence-corrected chi connectivity index (χ1v) is 4.89. The summed E-state index contributed by atoms with van der Waals surface area (Å²) >= 11 is 3.23. The molecule has 0 spiro atoms. The number of anilines is 1. The number of halogens is 1. The van der Waals surface area contributed by atoms with Gasteiger partial charge in [-0.25, -0.2) is 4.79 Å². The van der Waals surface area contributed by atoms with E-state index in [1.54, 1.807) is 12.1 Å². The van der Waals surface area contributed by atoms with Crippen molar-refractivity contribution in [2.75, 3.05) is 17.9 Å². The van der Waals surface area contributed by atoms with Gasteiger partial charge in [-0.3, -0.25) is 0 Å². The fourth-order valence-corrected chi connectivity index (χ4v) is 1.30. The molecule has 0 aliphatic carbocycles. The Kier molecular flexibility index (Phi) is 3.76. The molecule has 1 aromatic rings. The molecular formula is C9H10BrNO2. The van der Waals surface area contributed by atoms with Crippen LogP contribution in [0.4, 0.5) is 5.69 Å². The second-order valence-corrected chi connectivity index (χ2v) is 2.91. The first-order chi connectivity index (χ1) is 6.29. The van der Waals surface area contributed by atoms with Gasteiger partial charge in [0.2, 0.25) is 0 Å². The van der Waals surface area contributed by atoms with Crippen LogP contribution >= 0.6 is 15.9 Å². The Labute approximate surface area is 85.2 Å². The average Bonchev–Trinajstić information content (AvgIpc) is 2.18. The number of nitrogens with one attached hydrogen (secondary N) is 1. The van der Waals surface area contributed by atoms with E-state index in [4.69, 9.17) is 0 Å². The fourth-order valence-electron chi connectivity index (χ4n) is 0.997. The molecule has 0 radical (unpaired) electrons. The van der Waals surface area contributed by atoms with E-state index >= 15 is 0 Å². The van der Waals surface area contributed by atoms with Crippen LogP contribution in [0.25, 0.3) is 0 Å².